The molecule has 0 aliphatic carbocycles. The molecule has 2 heterocycles. The van der Waals surface area contributed by atoms with Crippen molar-refractivity contribution in [1.29, 1.82) is 0 Å². The molecule has 2 unspecified atom stereocenters. The second kappa shape index (κ2) is 9.32. The van der Waals surface area contributed by atoms with Crippen LogP contribution in [-0.4, -0.2) is 27.2 Å². The fraction of sp³-hybridized carbons (Fsp3) is 0.400. The van der Waals surface area contributed by atoms with Gasteiger partial charge in [0, 0.05) is 23.7 Å². The molecule has 0 saturated heterocycles. The first-order valence-corrected chi connectivity index (χ1v) is 9.22. The molecule has 0 spiro atoms. The van der Waals surface area contributed by atoms with Crippen molar-refractivity contribution in [1.82, 2.24) is 14.6 Å². The van der Waals surface area contributed by atoms with E-state index in [4.69, 9.17) is 16.2 Å². The third-order valence-electron chi connectivity index (χ3n) is 3.90. The molecule has 0 fully saturated rings. The van der Waals surface area contributed by atoms with E-state index in [1.54, 1.807) is 35.0 Å². The topological polar surface area (TPSA) is 91.5 Å². The summed E-state index contributed by atoms with van der Waals surface area (Å²) in [7, 11) is 0. The van der Waals surface area contributed by atoms with Crippen molar-refractivity contribution >= 4 is 11.5 Å². The predicted octanol–water partition coefficient (Wildman–Crippen LogP) is 3.90. The van der Waals surface area contributed by atoms with E-state index in [-0.39, 0.29) is 17.7 Å². The van der Waals surface area contributed by atoms with Crippen LogP contribution in [0.2, 0.25) is 0 Å². The predicted molar refractivity (Wildman–Crippen MR) is 107 cm³/mol. The normalized spacial score (nSPS) is 13.0. The average Bonchev–Trinajstić information content (AvgIpc) is 3.09. The number of ether oxygens (including phenoxy) is 1. The first-order chi connectivity index (χ1) is 12.9. The minimum atomic E-state index is -0.429. The van der Waals surface area contributed by atoms with E-state index in [1.165, 1.54) is 6.07 Å². The van der Waals surface area contributed by atoms with E-state index in [2.05, 4.69) is 10.1 Å². The summed E-state index contributed by atoms with van der Waals surface area (Å²) < 4.78 is 21.7. The van der Waals surface area contributed by atoms with E-state index >= 15 is 0 Å². The molecular formula is C20H28FN5O. The zero-order chi connectivity index (χ0) is 20.0. The Morgan fingerprint density at radius 2 is 1.93 bits per heavy atom. The minimum Gasteiger partial charge on any atom is -0.490 e. The molecule has 3 rings (SSSR count). The number of anilines is 1. The van der Waals surface area contributed by atoms with Gasteiger partial charge in [-0.05, 0) is 37.5 Å². The Labute approximate surface area is 159 Å². The van der Waals surface area contributed by atoms with Crippen molar-refractivity contribution in [3.8, 4) is 17.0 Å². The third kappa shape index (κ3) is 5.17. The molecule has 1 aromatic carbocycles. The number of nitrogen functional groups attached to an aromatic ring is 1. The molecule has 6 nitrogen and oxygen atoms in total. The van der Waals surface area contributed by atoms with E-state index in [1.807, 2.05) is 27.7 Å². The number of nitrogens with two attached hydrogens (primary N) is 2. The number of nitrogens with zero attached hydrogens (tertiary/aromatic N) is 3. The molecule has 146 valence electrons. The fourth-order valence-corrected chi connectivity index (χ4v) is 2.85. The summed E-state index contributed by atoms with van der Waals surface area (Å²) >= 11 is 0. The first-order valence-electron chi connectivity index (χ1n) is 9.22. The van der Waals surface area contributed by atoms with Crippen LogP contribution in [-0.2, 0) is 0 Å². The number of benzene rings is 1. The van der Waals surface area contributed by atoms with Crippen molar-refractivity contribution in [3.63, 3.8) is 0 Å². The van der Waals surface area contributed by atoms with Gasteiger partial charge in [-0.1, -0.05) is 20.8 Å². The summed E-state index contributed by atoms with van der Waals surface area (Å²) in [4.78, 5) is 4.18. The highest BCUT2D eigenvalue weighted by Crippen LogP contribution is 2.27. The number of hydrogen-bond donors (Lipinski definition) is 2. The lowest BCUT2D eigenvalue weighted by atomic mass is 10.0. The van der Waals surface area contributed by atoms with Crippen LogP contribution in [0.25, 0.3) is 16.9 Å². The summed E-state index contributed by atoms with van der Waals surface area (Å²) in [5, 5.41) is 4.21. The zero-order valence-corrected chi connectivity index (χ0v) is 16.3. The van der Waals surface area contributed by atoms with Crippen LogP contribution in [0.4, 0.5) is 10.2 Å². The highest BCUT2D eigenvalue weighted by Gasteiger charge is 2.12. The van der Waals surface area contributed by atoms with Crippen molar-refractivity contribution in [2.75, 3.05) is 12.3 Å². The summed E-state index contributed by atoms with van der Waals surface area (Å²) in [6, 6.07) is 8.33. The van der Waals surface area contributed by atoms with Crippen LogP contribution in [0.1, 0.15) is 34.1 Å². The average molecular weight is 373 g/mol. The molecule has 2 atom stereocenters. The van der Waals surface area contributed by atoms with E-state index in [0.717, 1.165) is 6.42 Å². The number of hydrogen-bond acceptors (Lipinski definition) is 5. The van der Waals surface area contributed by atoms with Gasteiger partial charge in [-0.15, -0.1) is 0 Å². The van der Waals surface area contributed by atoms with Crippen LogP contribution in [0.3, 0.4) is 0 Å². The van der Waals surface area contributed by atoms with Crippen LogP contribution in [0, 0.1) is 11.7 Å². The van der Waals surface area contributed by atoms with E-state index in [9.17, 15) is 4.39 Å². The number of halogens is 1. The lowest BCUT2D eigenvalue weighted by molar-refractivity contribution is 0.237. The maximum atomic E-state index is 14.4. The molecule has 0 radical (unpaired) electrons. The number of rotatable bonds is 6. The van der Waals surface area contributed by atoms with Gasteiger partial charge in [0.1, 0.15) is 5.82 Å². The SMILES string of the molecule is CC.CC(N)CC(C)COc1ccc(-c2cc(N)nc3ccnn23)cc1F. The summed E-state index contributed by atoms with van der Waals surface area (Å²) in [5.74, 6) is 0.399. The van der Waals surface area contributed by atoms with Crippen LogP contribution in [0.5, 0.6) is 5.75 Å². The molecule has 2 aromatic heterocycles. The highest BCUT2D eigenvalue weighted by molar-refractivity contribution is 5.66. The molecule has 0 amide bonds. The zero-order valence-electron chi connectivity index (χ0n) is 16.3. The smallest absolute Gasteiger partial charge is 0.165 e. The molecule has 0 bridgehead atoms. The Hall–Kier alpha value is -2.67. The van der Waals surface area contributed by atoms with Gasteiger partial charge < -0.3 is 16.2 Å². The van der Waals surface area contributed by atoms with Gasteiger partial charge in [0.15, 0.2) is 17.2 Å². The lowest BCUT2D eigenvalue weighted by Crippen LogP contribution is -2.21. The molecular weight excluding hydrogens is 345 g/mol. The highest BCUT2D eigenvalue weighted by atomic mass is 19.1. The molecule has 7 heteroatoms. The largest absolute Gasteiger partial charge is 0.490 e. The molecule has 3 aromatic rings. The molecule has 27 heavy (non-hydrogen) atoms. The minimum absolute atomic E-state index is 0.0967. The molecule has 4 N–H and O–H groups in total. The van der Waals surface area contributed by atoms with Gasteiger partial charge in [0.2, 0.25) is 0 Å². The number of aromatic nitrogens is 3. The molecule has 0 aliphatic heterocycles. The third-order valence-corrected chi connectivity index (χ3v) is 3.90. The lowest BCUT2D eigenvalue weighted by Gasteiger charge is -2.16. The Balaban J connectivity index is 0.00000126. The standard InChI is InChI=1S/C18H22FN5O.C2H6/c1-11(7-12(2)20)10-25-16-4-3-13(8-14(16)19)15-9-17(21)23-18-5-6-22-24(15)18;1-2/h3-6,8-9,11-12H,7,10,20H2,1-2H3,(H2,21,23);1-2H3. The van der Waals surface area contributed by atoms with Gasteiger partial charge in [-0.3, -0.25) is 0 Å². The Bertz CT molecular complexity index is 878. The van der Waals surface area contributed by atoms with Gasteiger partial charge in [0.25, 0.3) is 0 Å². The van der Waals surface area contributed by atoms with Gasteiger partial charge >= 0.3 is 0 Å². The Morgan fingerprint density at radius 3 is 2.59 bits per heavy atom. The fourth-order valence-electron chi connectivity index (χ4n) is 2.85. The summed E-state index contributed by atoms with van der Waals surface area (Å²) in [6.07, 6.45) is 2.45. The number of fused-ring (bicyclic) bond motifs is 1. The van der Waals surface area contributed by atoms with Gasteiger partial charge in [-0.2, -0.15) is 5.10 Å². The Morgan fingerprint density at radius 1 is 1.19 bits per heavy atom. The van der Waals surface area contributed by atoms with Crippen molar-refractivity contribution in [3.05, 3.63) is 42.3 Å². The van der Waals surface area contributed by atoms with Crippen molar-refractivity contribution < 1.29 is 9.13 Å². The summed E-state index contributed by atoms with van der Waals surface area (Å²) in [6.45, 7) is 8.40. The van der Waals surface area contributed by atoms with E-state index in [0.29, 0.717) is 29.3 Å². The Kier molecular flexibility index (Phi) is 7.12. The maximum Gasteiger partial charge on any atom is 0.165 e. The monoisotopic (exact) mass is 373 g/mol. The van der Waals surface area contributed by atoms with Crippen LogP contribution in [0.15, 0.2) is 36.5 Å². The second-order valence-electron chi connectivity index (χ2n) is 6.44. The van der Waals surface area contributed by atoms with Crippen LogP contribution < -0.4 is 16.2 Å². The quantitative estimate of drug-likeness (QED) is 0.684. The van der Waals surface area contributed by atoms with Crippen molar-refractivity contribution in [2.45, 2.75) is 40.2 Å². The van der Waals surface area contributed by atoms with Gasteiger partial charge in [0.05, 0.1) is 18.5 Å². The first kappa shape index (κ1) is 20.6. The second-order valence-corrected chi connectivity index (χ2v) is 6.44. The maximum absolute atomic E-state index is 14.4. The van der Waals surface area contributed by atoms with Gasteiger partial charge in [-0.25, -0.2) is 13.9 Å². The molecule has 0 aliphatic rings. The molecule has 0 saturated carbocycles. The van der Waals surface area contributed by atoms with Crippen molar-refractivity contribution in [2.24, 2.45) is 11.7 Å². The van der Waals surface area contributed by atoms with E-state index < -0.39 is 5.82 Å². The summed E-state index contributed by atoms with van der Waals surface area (Å²) in [5.41, 5.74) is 13.5. The van der Waals surface area contributed by atoms with Crippen LogP contribution >= 0.6 is 0 Å².